The Bertz CT molecular complexity index is 523. The summed E-state index contributed by atoms with van der Waals surface area (Å²) in [5.74, 6) is 0.356. The largest absolute Gasteiger partial charge is 0.489 e. The molecule has 1 N–H and O–H groups in total. The van der Waals surface area contributed by atoms with Crippen molar-refractivity contribution in [2.45, 2.75) is 13.2 Å². The molecule has 0 heterocycles. The Kier molecular flexibility index (Phi) is 4.33. The van der Waals surface area contributed by atoms with Crippen molar-refractivity contribution >= 4 is 15.9 Å². The van der Waals surface area contributed by atoms with Crippen LogP contribution in [-0.4, -0.2) is 5.11 Å². The molecule has 4 heteroatoms. The maximum absolute atomic E-state index is 13.2. The first-order valence-corrected chi connectivity index (χ1v) is 6.24. The normalized spacial score (nSPS) is 10.4. The zero-order chi connectivity index (χ0) is 13.0. The Morgan fingerprint density at radius 3 is 2.67 bits per heavy atom. The van der Waals surface area contributed by atoms with E-state index in [0.717, 1.165) is 11.1 Å². The lowest BCUT2D eigenvalue weighted by atomic mass is 10.2. The third kappa shape index (κ3) is 3.55. The number of ether oxygens (including phenoxy) is 1. The van der Waals surface area contributed by atoms with Crippen LogP contribution in [0.2, 0.25) is 0 Å². The first-order chi connectivity index (χ1) is 8.67. The van der Waals surface area contributed by atoms with Crippen LogP contribution in [0.4, 0.5) is 4.39 Å². The summed E-state index contributed by atoms with van der Waals surface area (Å²) >= 11 is 3.23. The van der Waals surface area contributed by atoms with Gasteiger partial charge in [-0.2, -0.15) is 0 Å². The van der Waals surface area contributed by atoms with Crippen LogP contribution < -0.4 is 4.74 Å². The number of hydrogen-bond donors (Lipinski definition) is 1. The molecule has 0 atom stereocenters. The molecular formula is C14H12BrFO2. The van der Waals surface area contributed by atoms with Crippen LogP contribution in [0, 0.1) is 5.82 Å². The predicted molar refractivity (Wildman–Crippen MR) is 70.8 cm³/mol. The SMILES string of the molecule is OCc1cccc(OCc2cc(F)cc(Br)c2)c1. The van der Waals surface area contributed by atoms with Gasteiger partial charge in [0.05, 0.1) is 6.61 Å². The molecule has 2 nitrogen and oxygen atoms in total. The number of aliphatic hydroxyl groups excluding tert-OH is 1. The van der Waals surface area contributed by atoms with Crippen molar-refractivity contribution in [1.82, 2.24) is 0 Å². The molecule has 94 valence electrons. The number of benzene rings is 2. The van der Waals surface area contributed by atoms with E-state index in [-0.39, 0.29) is 19.0 Å². The van der Waals surface area contributed by atoms with E-state index in [2.05, 4.69) is 15.9 Å². The van der Waals surface area contributed by atoms with Crippen LogP contribution in [0.1, 0.15) is 11.1 Å². The molecule has 0 bridgehead atoms. The standard InChI is InChI=1S/C14H12BrFO2/c15-12-4-11(5-13(16)7-12)9-18-14-3-1-2-10(6-14)8-17/h1-7,17H,8-9H2. The monoisotopic (exact) mass is 310 g/mol. The Morgan fingerprint density at radius 1 is 1.11 bits per heavy atom. The van der Waals surface area contributed by atoms with Crippen LogP contribution in [0.3, 0.4) is 0 Å². The van der Waals surface area contributed by atoms with Crippen molar-refractivity contribution in [3.8, 4) is 5.75 Å². The van der Waals surface area contributed by atoms with E-state index in [1.165, 1.54) is 12.1 Å². The molecule has 18 heavy (non-hydrogen) atoms. The van der Waals surface area contributed by atoms with Crippen LogP contribution in [0.15, 0.2) is 46.9 Å². The highest BCUT2D eigenvalue weighted by Crippen LogP contribution is 2.18. The van der Waals surface area contributed by atoms with Crippen LogP contribution in [-0.2, 0) is 13.2 Å². The minimum Gasteiger partial charge on any atom is -0.489 e. The molecule has 2 aromatic carbocycles. The van der Waals surface area contributed by atoms with Crippen molar-refractivity contribution in [1.29, 1.82) is 0 Å². The van der Waals surface area contributed by atoms with Gasteiger partial charge in [0.1, 0.15) is 18.2 Å². The molecule has 0 aliphatic carbocycles. The predicted octanol–water partition coefficient (Wildman–Crippen LogP) is 3.66. The third-order valence-electron chi connectivity index (χ3n) is 2.41. The van der Waals surface area contributed by atoms with E-state index >= 15 is 0 Å². The van der Waals surface area contributed by atoms with Gasteiger partial charge in [0.2, 0.25) is 0 Å². The maximum Gasteiger partial charge on any atom is 0.124 e. The molecule has 0 unspecified atom stereocenters. The molecule has 0 aliphatic heterocycles. The highest BCUT2D eigenvalue weighted by Gasteiger charge is 2.01. The van der Waals surface area contributed by atoms with E-state index in [1.54, 1.807) is 18.2 Å². The first kappa shape index (κ1) is 13.1. The van der Waals surface area contributed by atoms with E-state index in [4.69, 9.17) is 9.84 Å². The van der Waals surface area contributed by atoms with Crippen molar-refractivity contribution in [3.05, 3.63) is 63.9 Å². The van der Waals surface area contributed by atoms with Gasteiger partial charge in [0, 0.05) is 4.47 Å². The third-order valence-corrected chi connectivity index (χ3v) is 2.87. The second-order valence-electron chi connectivity index (χ2n) is 3.87. The average molecular weight is 311 g/mol. The van der Waals surface area contributed by atoms with Gasteiger partial charge in [-0.05, 0) is 41.5 Å². The molecule has 0 spiro atoms. The maximum atomic E-state index is 13.2. The summed E-state index contributed by atoms with van der Waals surface area (Å²) in [5.41, 5.74) is 1.53. The summed E-state index contributed by atoms with van der Waals surface area (Å²) < 4.78 is 19.4. The van der Waals surface area contributed by atoms with Crippen molar-refractivity contribution < 1.29 is 14.2 Å². The topological polar surface area (TPSA) is 29.5 Å². The lowest BCUT2D eigenvalue weighted by Gasteiger charge is -2.08. The quantitative estimate of drug-likeness (QED) is 0.934. The van der Waals surface area contributed by atoms with Gasteiger partial charge < -0.3 is 9.84 Å². The number of halogens is 2. The Balaban J connectivity index is 2.06. The van der Waals surface area contributed by atoms with Crippen LogP contribution >= 0.6 is 15.9 Å². The molecule has 2 rings (SSSR count). The highest BCUT2D eigenvalue weighted by molar-refractivity contribution is 9.10. The number of rotatable bonds is 4. The van der Waals surface area contributed by atoms with Gasteiger partial charge in [-0.3, -0.25) is 0 Å². The molecule has 0 aliphatic rings. The molecule has 0 saturated carbocycles. The summed E-state index contributed by atoms with van der Waals surface area (Å²) in [4.78, 5) is 0. The van der Waals surface area contributed by atoms with Gasteiger partial charge in [0.15, 0.2) is 0 Å². The molecular weight excluding hydrogens is 299 g/mol. The zero-order valence-corrected chi connectivity index (χ0v) is 11.2. The highest BCUT2D eigenvalue weighted by atomic mass is 79.9. The Hall–Kier alpha value is -1.39. The second-order valence-corrected chi connectivity index (χ2v) is 4.79. The van der Waals surface area contributed by atoms with E-state index in [9.17, 15) is 4.39 Å². The lowest BCUT2D eigenvalue weighted by Crippen LogP contribution is -1.97. The summed E-state index contributed by atoms with van der Waals surface area (Å²) in [5, 5.41) is 9.01. The van der Waals surface area contributed by atoms with E-state index < -0.39 is 0 Å². The van der Waals surface area contributed by atoms with Crippen LogP contribution in [0.25, 0.3) is 0 Å². The van der Waals surface area contributed by atoms with Gasteiger partial charge in [0.25, 0.3) is 0 Å². The summed E-state index contributed by atoms with van der Waals surface area (Å²) in [7, 11) is 0. The van der Waals surface area contributed by atoms with E-state index in [0.29, 0.717) is 10.2 Å². The van der Waals surface area contributed by atoms with Gasteiger partial charge in [-0.25, -0.2) is 4.39 Å². The van der Waals surface area contributed by atoms with Gasteiger partial charge >= 0.3 is 0 Å². The van der Waals surface area contributed by atoms with E-state index in [1.807, 2.05) is 12.1 Å². The molecule has 0 fully saturated rings. The Labute approximate surface area is 113 Å². The van der Waals surface area contributed by atoms with Crippen molar-refractivity contribution in [2.75, 3.05) is 0 Å². The molecule has 2 aromatic rings. The van der Waals surface area contributed by atoms with Crippen molar-refractivity contribution in [3.63, 3.8) is 0 Å². The van der Waals surface area contributed by atoms with Gasteiger partial charge in [-0.15, -0.1) is 0 Å². The first-order valence-electron chi connectivity index (χ1n) is 5.45. The van der Waals surface area contributed by atoms with Crippen molar-refractivity contribution in [2.24, 2.45) is 0 Å². The smallest absolute Gasteiger partial charge is 0.124 e. The molecule has 0 radical (unpaired) electrons. The molecule has 0 saturated heterocycles. The van der Waals surface area contributed by atoms with Crippen LogP contribution in [0.5, 0.6) is 5.75 Å². The fourth-order valence-corrected chi connectivity index (χ4v) is 2.11. The van der Waals surface area contributed by atoms with Gasteiger partial charge in [-0.1, -0.05) is 28.1 Å². The summed E-state index contributed by atoms with van der Waals surface area (Å²) in [6.45, 7) is 0.258. The minimum atomic E-state index is -0.299. The Morgan fingerprint density at radius 2 is 1.94 bits per heavy atom. The fourth-order valence-electron chi connectivity index (χ4n) is 1.59. The second kappa shape index (κ2) is 5.98. The number of aliphatic hydroxyl groups is 1. The lowest BCUT2D eigenvalue weighted by molar-refractivity contribution is 0.278. The minimum absolute atomic E-state index is 0.0251. The average Bonchev–Trinajstić information content (AvgIpc) is 2.35. The fraction of sp³-hybridized carbons (Fsp3) is 0.143. The summed E-state index contributed by atoms with van der Waals surface area (Å²) in [6.07, 6.45) is 0. The molecule has 0 aromatic heterocycles. The zero-order valence-electron chi connectivity index (χ0n) is 9.57. The molecule has 0 amide bonds. The summed E-state index contributed by atoms with van der Waals surface area (Å²) in [6, 6.07) is 11.8. The number of hydrogen-bond acceptors (Lipinski definition) is 2.